The van der Waals surface area contributed by atoms with E-state index < -0.39 is 0 Å². The van der Waals surface area contributed by atoms with Gasteiger partial charge in [0.2, 0.25) is 0 Å². The Hall–Kier alpha value is -0.900. The number of benzene rings is 1. The summed E-state index contributed by atoms with van der Waals surface area (Å²) in [5.41, 5.74) is 2.76. The lowest BCUT2D eigenvalue weighted by molar-refractivity contribution is 0.155. The number of nitrogens with zero attached hydrogens (tertiary/aromatic N) is 1. The van der Waals surface area contributed by atoms with E-state index in [0.29, 0.717) is 12.0 Å². The van der Waals surface area contributed by atoms with Crippen LogP contribution in [0.2, 0.25) is 0 Å². The topological polar surface area (TPSA) is 24.5 Å². The maximum atomic E-state index is 5.14. The van der Waals surface area contributed by atoms with Gasteiger partial charge in [-0.2, -0.15) is 0 Å². The lowest BCUT2D eigenvalue weighted by Gasteiger charge is -2.25. The molecule has 1 N–H and O–H groups in total. The van der Waals surface area contributed by atoms with Crippen molar-refractivity contribution in [3.05, 3.63) is 35.4 Å². The molecule has 0 bridgehead atoms. The molecule has 1 aromatic rings. The highest BCUT2D eigenvalue weighted by Gasteiger charge is 2.13. The summed E-state index contributed by atoms with van der Waals surface area (Å²) in [6.45, 7) is 10.3. The first kappa shape index (κ1) is 17.2. The van der Waals surface area contributed by atoms with Gasteiger partial charge in [-0.3, -0.25) is 0 Å². The molecule has 0 spiro atoms. The highest BCUT2D eigenvalue weighted by Crippen LogP contribution is 2.19. The zero-order valence-electron chi connectivity index (χ0n) is 13.6. The van der Waals surface area contributed by atoms with Crippen LogP contribution >= 0.6 is 0 Å². The van der Waals surface area contributed by atoms with Gasteiger partial charge in [0.15, 0.2) is 0 Å². The summed E-state index contributed by atoms with van der Waals surface area (Å²) in [5.74, 6) is 0.589. The molecule has 0 aliphatic heterocycles. The third-order valence-electron chi connectivity index (χ3n) is 3.63. The van der Waals surface area contributed by atoms with Gasteiger partial charge in [-0.05, 0) is 30.6 Å². The quantitative estimate of drug-likeness (QED) is 0.751. The highest BCUT2D eigenvalue weighted by atomic mass is 16.5. The van der Waals surface area contributed by atoms with Crippen LogP contribution in [-0.4, -0.2) is 45.3 Å². The molecule has 1 rings (SSSR count). The molecule has 0 amide bonds. The Morgan fingerprint density at radius 3 is 2.25 bits per heavy atom. The van der Waals surface area contributed by atoms with E-state index in [1.165, 1.54) is 11.1 Å². The second-order valence-electron chi connectivity index (χ2n) is 5.69. The summed E-state index contributed by atoms with van der Waals surface area (Å²) in [6.07, 6.45) is 0. The summed E-state index contributed by atoms with van der Waals surface area (Å²) >= 11 is 0. The molecule has 1 unspecified atom stereocenters. The van der Waals surface area contributed by atoms with Crippen molar-refractivity contribution in [3.8, 4) is 0 Å². The van der Waals surface area contributed by atoms with Crippen molar-refractivity contribution in [3.63, 3.8) is 0 Å². The van der Waals surface area contributed by atoms with Gasteiger partial charge in [-0.15, -0.1) is 0 Å². The van der Waals surface area contributed by atoms with E-state index in [1.807, 2.05) is 0 Å². The first-order chi connectivity index (χ1) is 9.58. The number of hydrogen-bond donors (Lipinski definition) is 1. The van der Waals surface area contributed by atoms with Gasteiger partial charge >= 0.3 is 0 Å². The standard InChI is InChI=1S/C17H30N2O/c1-6-18-17(13-19(4)11-12-20-5)16-9-7-15(8-10-16)14(2)3/h7-10,14,17-18H,6,11-13H2,1-5H3. The van der Waals surface area contributed by atoms with Gasteiger partial charge < -0.3 is 15.0 Å². The van der Waals surface area contributed by atoms with Crippen molar-refractivity contribution in [1.82, 2.24) is 10.2 Å². The van der Waals surface area contributed by atoms with Crippen LogP contribution in [0.15, 0.2) is 24.3 Å². The monoisotopic (exact) mass is 278 g/mol. The van der Waals surface area contributed by atoms with Crippen molar-refractivity contribution < 1.29 is 4.74 Å². The van der Waals surface area contributed by atoms with Crippen LogP contribution in [-0.2, 0) is 4.74 Å². The molecule has 0 heterocycles. The van der Waals surface area contributed by atoms with Crippen LogP contribution in [0, 0.1) is 0 Å². The van der Waals surface area contributed by atoms with Gasteiger partial charge in [-0.25, -0.2) is 0 Å². The van der Waals surface area contributed by atoms with E-state index in [0.717, 1.165) is 26.2 Å². The smallest absolute Gasteiger partial charge is 0.0589 e. The van der Waals surface area contributed by atoms with Crippen LogP contribution < -0.4 is 5.32 Å². The normalized spacial score (nSPS) is 13.2. The minimum Gasteiger partial charge on any atom is -0.383 e. The van der Waals surface area contributed by atoms with Crippen molar-refractivity contribution in [1.29, 1.82) is 0 Å². The minimum absolute atomic E-state index is 0.378. The number of ether oxygens (including phenoxy) is 1. The van der Waals surface area contributed by atoms with Crippen LogP contribution in [0.1, 0.15) is 43.9 Å². The number of nitrogens with one attached hydrogen (secondary N) is 1. The van der Waals surface area contributed by atoms with Crippen LogP contribution in [0.5, 0.6) is 0 Å². The molecule has 20 heavy (non-hydrogen) atoms. The molecule has 1 aromatic carbocycles. The van der Waals surface area contributed by atoms with E-state index in [2.05, 4.69) is 62.3 Å². The Morgan fingerprint density at radius 1 is 1.15 bits per heavy atom. The summed E-state index contributed by atoms with van der Waals surface area (Å²) < 4.78 is 5.14. The lowest BCUT2D eigenvalue weighted by atomic mass is 9.99. The molecule has 1 atom stereocenters. The first-order valence-electron chi connectivity index (χ1n) is 7.59. The second kappa shape index (κ2) is 9.11. The van der Waals surface area contributed by atoms with Gasteiger partial charge in [0.05, 0.1) is 6.61 Å². The zero-order valence-corrected chi connectivity index (χ0v) is 13.6. The zero-order chi connectivity index (χ0) is 15.0. The van der Waals surface area contributed by atoms with Crippen molar-refractivity contribution in [2.24, 2.45) is 0 Å². The van der Waals surface area contributed by atoms with Crippen molar-refractivity contribution >= 4 is 0 Å². The molecule has 0 fully saturated rings. The van der Waals surface area contributed by atoms with E-state index in [1.54, 1.807) is 7.11 Å². The highest BCUT2D eigenvalue weighted by molar-refractivity contribution is 5.27. The molecule has 3 nitrogen and oxygen atoms in total. The Morgan fingerprint density at radius 2 is 1.75 bits per heavy atom. The fraction of sp³-hybridized carbons (Fsp3) is 0.647. The summed E-state index contributed by atoms with van der Waals surface area (Å²) in [5, 5.41) is 3.57. The SMILES string of the molecule is CCNC(CN(C)CCOC)c1ccc(C(C)C)cc1. The Labute approximate surface area is 124 Å². The van der Waals surface area contributed by atoms with E-state index in [-0.39, 0.29) is 0 Å². The average molecular weight is 278 g/mol. The van der Waals surface area contributed by atoms with Gasteiger partial charge in [0.25, 0.3) is 0 Å². The Balaban J connectivity index is 2.69. The molecule has 0 aliphatic carbocycles. The Kier molecular flexibility index (Phi) is 7.82. The molecule has 114 valence electrons. The fourth-order valence-electron chi connectivity index (χ4n) is 2.30. The summed E-state index contributed by atoms with van der Waals surface area (Å²) in [6, 6.07) is 9.39. The molecular formula is C17H30N2O. The summed E-state index contributed by atoms with van der Waals surface area (Å²) in [7, 11) is 3.89. The van der Waals surface area contributed by atoms with E-state index >= 15 is 0 Å². The second-order valence-corrected chi connectivity index (χ2v) is 5.69. The molecule has 0 saturated carbocycles. The largest absolute Gasteiger partial charge is 0.383 e. The third kappa shape index (κ3) is 5.61. The van der Waals surface area contributed by atoms with Crippen LogP contribution in [0.4, 0.5) is 0 Å². The maximum absolute atomic E-state index is 5.14. The van der Waals surface area contributed by atoms with Crippen LogP contribution in [0.25, 0.3) is 0 Å². The number of methoxy groups -OCH3 is 1. The lowest BCUT2D eigenvalue weighted by Crippen LogP contribution is -2.34. The van der Waals surface area contributed by atoms with Gasteiger partial charge in [-0.1, -0.05) is 45.0 Å². The van der Waals surface area contributed by atoms with Crippen molar-refractivity contribution in [2.45, 2.75) is 32.7 Å². The fourth-order valence-corrected chi connectivity index (χ4v) is 2.30. The molecule has 0 radical (unpaired) electrons. The van der Waals surface area contributed by atoms with E-state index in [9.17, 15) is 0 Å². The molecule has 0 aliphatic rings. The predicted molar refractivity (Wildman–Crippen MR) is 86.3 cm³/mol. The molecule has 0 saturated heterocycles. The Bertz CT molecular complexity index is 362. The third-order valence-corrected chi connectivity index (χ3v) is 3.63. The molecule has 3 heteroatoms. The van der Waals surface area contributed by atoms with Crippen molar-refractivity contribution in [2.75, 3.05) is 40.4 Å². The van der Waals surface area contributed by atoms with Gasteiger partial charge in [0, 0.05) is 26.2 Å². The summed E-state index contributed by atoms with van der Waals surface area (Å²) in [4.78, 5) is 2.31. The number of rotatable bonds is 9. The maximum Gasteiger partial charge on any atom is 0.0589 e. The predicted octanol–water partition coefficient (Wildman–Crippen LogP) is 3.04. The number of likely N-dealkylation sites (N-methyl/N-ethyl adjacent to an activating group) is 2. The van der Waals surface area contributed by atoms with Gasteiger partial charge in [0.1, 0.15) is 0 Å². The van der Waals surface area contributed by atoms with Crippen LogP contribution in [0.3, 0.4) is 0 Å². The molecule has 0 aromatic heterocycles. The molecular weight excluding hydrogens is 248 g/mol. The number of hydrogen-bond acceptors (Lipinski definition) is 3. The van der Waals surface area contributed by atoms with E-state index in [4.69, 9.17) is 4.74 Å². The minimum atomic E-state index is 0.378. The first-order valence-corrected chi connectivity index (χ1v) is 7.59. The average Bonchev–Trinajstić information content (AvgIpc) is 2.44.